The highest BCUT2D eigenvalue weighted by atomic mass is 16.7. The van der Waals surface area contributed by atoms with Crippen LogP contribution >= 0.6 is 0 Å². The second-order valence-corrected chi connectivity index (χ2v) is 16.2. The smallest absolute Gasteiger partial charge is 0.187 e. The lowest BCUT2D eigenvalue weighted by Gasteiger charge is -2.49. The van der Waals surface area contributed by atoms with E-state index in [-0.39, 0.29) is 39.6 Å². The number of hydrogen-bond donors (Lipinski definition) is 2. The predicted octanol–water partition coefficient (Wildman–Crippen LogP) is 7.95. The van der Waals surface area contributed by atoms with Gasteiger partial charge in [0.1, 0.15) is 48.8 Å². The Hall–Kier alpha value is -5.12. The zero-order valence-corrected chi connectivity index (χ0v) is 36.3. The Morgan fingerprint density at radius 3 is 1.09 bits per heavy atom. The summed E-state index contributed by atoms with van der Waals surface area (Å²) in [5.74, 6) is 0. The first kappa shape index (κ1) is 46.4. The van der Waals surface area contributed by atoms with Crippen LogP contribution in [-0.4, -0.2) is 84.8 Å². The lowest BCUT2D eigenvalue weighted by molar-refractivity contribution is -0.373. The molecule has 8 rings (SSSR count). The Labute approximate surface area is 381 Å². The van der Waals surface area contributed by atoms with Gasteiger partial charge in [0, 0.05) is 0 Å². The van der Waals surface area contributed by atoms with Crippen LogP contribution in [0.1, 0.15) is 33.4 Å². The number of hydrogen-bond acceptors (Lipinski definition) is 11. The van der Waals surface area contributed by atoms with Crippen LogP contribution in [0.4, 0.5) is 0 Å². The Bertz CT molecular complexity index is 2210. The molecule has 0 amide bonds. The fourth-order valence-electron chi connectivity index (χ4n) is 8.12. The minimum atomic E-state index is -1.45. The van der Waals surface area contributed by atoms with Crippen molar-refractivity contribution in [2.24, 2.45) is 0 Å². The summed E-state index contributed by atoms with van der Waals surface area (Å²) in [5, 5.41) is 22.5. The van der Waals surface area contributed by atoms with Crippen molar-refractivity contribution in [3.05, 3.63) is 215 Å². The molecule has 0 aromatic heterocycles. The van der Waals surface area contributed by atoms with Crippen LogP contribution in [0.15, 0.2) is 182 Å². The quantitative estimate of drug-likeness (QED) is 0.0691. The van der Waals surface area contributed by atoms with E-state index in [1.54, 1.807) is 0 Å². The minimum absolute atomic E-state index is 0.116. The first-order valence-electron chi connectivity index (χ1n) is 22.3. The van der Waals surface area contributed by atoms with Gasteiger partial charge in [0.15, 0.2) is 12.6 Å². The van der Waals surface area contributed by atoms with Crippen LogP contribution in [0.25, 0.3) is 0 Å². The number of rotatable bonds is 22. The van der Waals surface area contributed by atoms with Crippen molar-refractivity contribution in [2.45, 2.75) is 101 Å². The third kappa shape index (κ3) is 13.3. The third-order valence-corrected chi connectivity index (χ3v) is 11.5. The molecule has 0 saturated carbocycles. The van der Waals surface area contributed by atoms with Gasteiger partial charge in [-0.3, -0.25) is 0 Å². The number of benzene rings is 6. The molecule has 2 aliphatic rings. The molecule has 2 aliphatic heterocycles. The van der Waals surface area contributed by atoms with E-state index in [2.05, 4.69) is 0 Å². The number of aliphatic hydroxyl groups is 2. The molecular formula is C54H58O11. The average molecular weight is 883 g/mol. The molecule has 2 heterocycles. The first-order chi connectivity index (χ1) is 32.1. The molecule has 0 unspecified atom stereocenters. The van der Waals surface area contributed by atoms with Crippen LogP contribution in [0, 0.1) is 0 Å². The predicted molar refractivity (Wildman–Crippen MR) is 243 cm³/mol. The summed E-state index contributed by atoms with van der Waals surface area (Å²) in [7, 11) is 0. The lowest BCUT2D eigenvalue weighted by Crippen LogP contribution is -2.66. The summed E-state index contributed by atoms with van der Waals surface area (Å²) in [4.78, 5) is 0. The number of ether oxygens (including phenoxy) is 9. The van der Waals surface area contributed by atoms with E-state index >= 15 is 0 Å². The monoisotopic (exact) mass is 882 g/mol. The minimum Gasteiger partial charge on any atom is -0.394 e. The topological polar surface area (TPSA) is 124 Å². The third-order valence-electron chi connectivity index (χ3n) is 11.5. The second-order valence-electron chi connectivity index (χ2n) is 16.2. The molecule has 6 aromatic rings. The normalized spacial score (nSPS) is 25.6. The lowest BCUT2D eigenvalue weighted by atomic mass is 9.95. The van der Waals surface area contributed by atoms with Gasteiger partial charge in [-0.25, -0.2) is 0 Å². The van der Waals surface area contributed by atoms with Gasteiger partial charge >= 0.3 is 0 Å². The van der Waals surface area contributed by atoms with Crippen molar-refractivity contribution in [3.8, 4) is 0 Å². The van der Waals surface area contributed by atoms with Crippen molar-refractivity contribution in [3.63, 3.8) is 0 Å². The fourth-order valence-corrected chi connectivity index (χ4v) is 8.12. The molecule has 340 valence electrons. The van der Waals surface area contributed by atoms with Gasteiger partial charge < -0.3 is 52.8 Å². The Kier molecular flexibility index (Phi) is 17.4. The summed E-state index contributed by atoms with van der Waals surface area (Å²) in [6.07, 6.45) is -9.81. The van der Waals surface area contributed by atoms with E-state index in [1.165, 1.54) is 0 Å². The zero-order chi connectivity index (χ0) is 44.5. The molecule has 0 radical (unpaired) electrons. The Morgan fingerprint density at radius 1 is 0.354 bits per heavy atom. The van der Waals surface area contributed by atoms with Crippen molar-refractivity contribution in [1.29, 1.82) is 0 Å². The molecular weight excluding hydrogens is 825 g/mol. The first-order valence-corrected chi connectivity index (χ1v) is 22.3. The van der Waals surface area contributed by atoms with Crippen LogP contribution in [-0.2, 0) is 82.3 Å². The Balaban J connectivity index is 1.16. The fraction of sp³-hybridized carbons (Fsp3) is 0.333. The van der Waals surface area contributed by atoms with Gasteiger partial charge in [-0.05, 0) is 33.4 Å². The molecule has 2 fully saturated rings. The Morgan fingerprint density at radius 2 is 0.692 bits per heavy atom. The molecule has 10 atom stereocenters. The summed E-state index contributed by atoms with van der Waals surface area (Å²) in [6.45, 7) is 0.970. The molecule has 11 heteroatoms. The maximum Gasteiger partial charge on any atom is 0.187 e. The van der Waals surface area contributed by atoms with Gasteiger partial charge in [0.05, 0.1) is 52.9 Å². The van der Waals surface area contributed by atoms with Crippen molar-refractivity contribution >= 4 is 0 Å². The molecule has 65 heavy (non-hydrogen) atoms. The van der Waals surface area contributed by atoms with Crippen molar-refractivity contribution in [1.82, 2.24) is 0 Å². The summed E-state index contributed by atoms with van der Waals surface area (Å²) < 4.78 is 60.5. The van der Waals surface area contributed by atoms with Gasteiger partial charge in [-0.15, -0.1) is 0 Å². The van der Waals surface area contributed by atoms with E-state index < -0.39 is 68.0 Å². The second kappa shape index (κ2) is 24.4. The largest absolute Gasteiger partial charge is 0.394 e. The van der Waals surface area contributed by atoms with Gasteiger partial charge in [-0.1, -0.05) is 182 Å². The van der Waals surface area contributed by atoms with Crippen LogP contribution < -0.4 is 0 Å². The summed E-state index contributed by atoms with van der Waals surface area (Å²) in [6, 6.07) is 59.0. The van der Waals surface area contributed by atoms with Crippen molar-refractivity contribution in [2.75, 3.05) is 13.2 Å². The molecule has 0 bridgehead atoms. The average Bonchev–Trinajstić information content (AvgIpc) is 3.36. The maximum atomic E-state index is 11.5. The molecule has 0 spiro atoms. The zero-order valence-electron chi connectivity index (χ0n) is 36.3. The summed E-state index contributed by atoms with van der Waals surface area (Å²) in [5.41, 5.74) is 5.66. The highest BCUT2D eigenvalue weighted by molar-refractivity contribution is 5.18. The SMILES string of the molecule is OC[C@H]1O[C@H](O)[C@H](OCc2ccccc2)[C@@H](OCc2ccccc2)[C@H]1O[C@@H]1O[C@H](COCc2ccccc2)[C@@H](OCc2ccccc2)[C@H](OCc2ccccc2)[C@@H]1OCc1ccccc1. The van der Waals surface area contributed by atoms with Crippen LogP contribution in [0.2, 0.25) is 0 Å². The molecule has 0 aliphatic carbocycles. The molecule has 6 aromatic carbocycles. The highest BCUT2D eigenvalue weighted by Gasteiger charge is 2.54. The summed E-state index contributed by atoms with van der Waals surface area (Å²) >= 11 is 0. The molecule has 2 N–H and O–H groups in total. The van der Waals surface area contributed by atoms with E-state index in [9.17, 15) is 10.2 Å². The van der Waals surface area contributed by atoms with E-state index in [1.807, 2.05) is 182 Å². The van der Waals surface area contributed by atoms with Crippen LogP contribution in [0.5, 0.6) is 0 Å². The molecule has 11 nitrogen and oxygen atoms in total. The van der Waals surface area contributed by atoms with Gasteiger partial charge in [-0.2, -0.15) is 0 Å². The standard InChI is InChI=1S/C54H58O11/c55-31-45-48(50(60-35-42-25-13-4-14-26-42)51(53(56)63-45)61-36-43-27-15-5-16-28-43)65-54-52(62-37-44-29-17-6-18-30-44)49(59-34-41-23-11-3-12-24-41)47(58-33-40-21-9-2-10-22-40)46(64-54)38-57-32-39-19-7-1-8-20-39/h1-30,45-56H,31-38H2/t45-,46-,47-,48+,49+,50+,51-,52+,53+,54+/m1/s1. The molecule has 2 saturated heterocycles. The van der Waals surface area contributed by atoms with Crippen LogP contribution in [0.3, 0.4) is 0 Å². The van der Waals surface area contributed by atoms with Gasteiger partial charge in [0.25, 0.3) is 0 Å². The number of aliphatic hydroxyl groups excluding tert-OH is 2. The highest BCUT2D eigenvalue weighted by Crippen LogP contribution is 2.36. The van der Waals surface area contributed by atoms with E-state index in [0.717, 1.165) is 33.4 Å². The maximum absolute atomic E-state index is 11.5. The van der Waals surface area contributed by atoms with E-state index in [0.29, 0.717) is 6.61 Å². The van der Waals surface area contributed by atoms with Crippen molar-refractivity contribution < 1.29 is 52.8 Å². The van der Waals surface area contributed by atoms with Gasteiger partial charge in [0.2, 0.25) is 0 Å². The van der Waals surface area contributed by atoms with E-state index in [4.69, 9.17) is 42.6 Å².